The second kappa shape index (κ2) is 5.47. The highest BCUT2D eigenvalue weighted by Gasteiger charge is 2.12. The molecule has 0 fully saturated rings. The van der Waals surface area contributed by atoms with Crippen molar-refractivity contribution in [1.29, 1.82) is 0 Å². The molecule has 3 nitrogen and oxygen atoms in total. The molecule has 0 radical (unpaired) electrons. The lowest BCUT2D eigenvalue weighted by Crippen LogP contribution is -2.24. The largest absolute Gasteiger partial charge is 0.457 e. The lowest BCUT2D eigenvalue weighted by atomic mass is 10.1. The van der Waals surface area contributed by atoms with E-state index in [2.05, 4.69) is 5.32 Å². The Hall–Kier alpha value is -1.61. The number of hydrogen-bond acceptors (Lipinski definition) is 3. The summed E-state index contributed by atoms with van der Waals surface area (Å²) in [5.74, 6) is -0.189. The van der Waals surface area contributed by atoms with Crippen LogP contribution < -0.4 is 5.32 Å². The van der Waals surface area contributed by atoms with Crippen molar-refractivity contribution in [3.05, 3.63) is 47.5 Å². The van der Waals surface area contributed by atoms with Gasteiger partial charge in [0.05, 0.1) is 0 Å². The van der Waals surface area contributed by atoms with Gasteiger partial charge in [0.25, 0.3) is 0 Å². The number of nitrogens with one attached hydrogen (secondary N) is 1. The van der Waals surface area contributed by atoms with Crippen LogP contribution in [0.1, 0.15) is 12.0 Å². The van der Waals surface area contributed by atoms with Crippen LogP contribution in [-0.4, -0.2) is 19.1 Å². The Morgan fingerprint density at radius 1 is 1.31 bits per heavy atom. The van der Waals surface area contributed by atoms with Crippen LogP contribution in [0.3, 0.4) is 0 Å². The third-order valence-electron chi connectivity index (χ3n) is 2.54. The molecule has 1 heterocycles. The van der Waals surface area contributed by atoms with Gasteiger partial charge >= 0.3 is 5.97 Å². The van der Waals surface area contributed by atoms with Gasteiger partial charge in [-0.1, -0.05) is 36.4 Å². The molecule has 1 aromatic carbocycles. The first-order valence-corrected chi connectivity index (χ1v) is 5.47. The van der Waals surface area contributed by atoms with Crippen LogP contribution in [0.15, 0.2) is 42.0 Å². The average Bonchev–Trinajstić information content (AvgIpc) is 2.38. The van der Waals surface area contributed by atoms with Gasteiger partial charge in [0.2, 0.25) is 0 Å². The summed E-state index contributed by atoms with van der Waals surface area (Å²) in [6.45, 7) is 1.96. The zero-order chi connectivity index (χ0) is 11.2. The highest BCUT2D eigenvalue weighted by Crippen LogP contribution is 2.09. The first-order valence-electron chi connectivity index (χ1n) is 5.47. The molecule has 16 heavy (non-hydrogen) atoms. The van der Waals surface area contributed by atoms with Crippen molar-refractivity contribution in [3.63, 3.8) is 0 Å². The zero-order valence-corrected chi connectivity index (χ0v) is 9.11. The smallest absolute Gasteiger partial charge is 0.334 e. The summed E-state index contributed by atoms with van der Waals surface area (Å²) in [5.41, 5.74) is 1.81. The standard InChI is InChI=1S/C13H15NO2/c15-13(12-6-8-14-9-7-12)16-10-11-4-2-1-3-5-11/h1-6,14H,7-10H2. The molecule has 1 aliphatic heterocycles. The van der Waals surface area contributed by atoms with Crippen molar-refractivity contribution in [3.8, 4) is 0 Å². The van der Waals surface area contributed by atoms with Crippen LogP contribution in [-0.2, 0) is 16.1 Å². The molecule has 84 valence electrons. The molecule has 0 unspecified atom stereocenters. The minimum Gasteiger partial charge on any atom is -0.457 e. The second-order valence-corrected chi connectivity index (χ2v) is 3.75. The van der Waals surface area contributed by atoms with Crippen molar-refractivity contribution in [1.82, 2.24) is 5.32 Å². The first kappa shape index (κ1) is 10.9. The van der Waals surface area contributed by atoms with Crippen LogP contribution in [0, 0.1) is 0 Å². The summed E-state index contributed by atoms with van der Waals surface area (Å²) < 4.78 is 5.23. The van der Waals surface area contributed by atoms with Crippen molar-refractivity contribution in [2.75, 3.05) is 13.1 Å². The van der Waals surface area contributed by atoms with Crippen molar-refractivity contribution < 1.29 is 9.53 Å². The van der Waals surface area contributed by atoms with Crippen molar-refractivity contribution in [2.45, 2.75) is 13.0 Å². The zero-order valence-electron chi connectivity index (χ0n) is 9.11. The Labute approximate surface area is 95.1 Å². The van der Waals surface area contributed by atoms with Crippen LogP contribution >= 0.6 is 0 Å². The van der Waals surface area contributed by atoms with E-state index in [0.717, 1.165) is 30.6 Å². The predicted octanol–water partition coefficient (Wildman–Crippen LogP) is 1.65. The number of esters is 1. The molecule has 1 aromatic rings. The van der Waals surface area contributed by atoms with E-state index in [0.29, 0.717) is 6.61 Å². The molecule has 0 aliphatic carbocycles. The topological polar surface area (TPSA) is 38.3 Å². The van der Waals surface area contributed by atoms with Gasteiger partial charge in [-0.05, 0) is 18.5 Å². The van der Waals surface area contributed by atoms with Gasteiger partial charge in [-0.2, -0.15) is 0 Å². The van der Waals surface area contributed by atoms with Crippen LogP contribution in [0.2, 0.25) is 0 Å². The predicted molar refractivity (Wildman–Crippen MR) is 61.8 cm³/mol. The summed E-state index contributed by atoms with van der Waals surface area (Å²) in [5, 5.41) is 3.16. The molecule has 0 aromatic heterocycles. The summed E-state index contributed by atoms with van der Waals surface area (Å²) >= 11 is 0. The van der Waals surface area contributed by atoms with Gasteiger partial charge in [-0.3, -0.25) is 0 Å². The maximum Gasteiger partial charge on any atom is 0.334 e. The van der Waals surface area contributed by atoms with Gasteiger partial charge in [-0.25, -0.2) is 4.79 Å². The molecule has 1 N–H and O–H groups in total. The molecule has 0 atom stereocenters. The maximum atomic E-state index is 11.7. The third-order valence-corrected chi connectivity index (χ3v) is 2.54. The van der Waals surface area contributed by atoms with E-state index >= 15 is 0 Å². The Morgan fingerprint density at radius 3 is 2.81 bits per heavy atom. The monoisotopic (exact) mass is 217 g/mol. The minimum atomic E-state index is -0.189. The summed E-state index contributed by atoms with van der Waals surface area (Å²) in [6, 6.07) is 9.72. The average molecular weight is 217 g/mol. The number of rotatable bonds is 3. The number of carbonyl (C=O) groups is 1. The van der Waals surface area contributed by atoms with E-state index in [1.165, 1.54) is 0 Å². The maximum absolute atomic E-state index is 11.7. The number of carbonyl (C=O) groups excluding carboxylic acids is 1. The molecule has 3 heteroatoms. The molecular weight excluding hydrogens is 202 g/mol. The molecule has 0 bridgehead atoms. The molecule has 0 saturated heterocycles. The number of hydrogen-bond donors (Lipinski definition) is 1. The summed E-state index contributed by atoms with van der Waals surface area (Å²) in [4.78, 5) is 11.7. The van der Waals surface area contributed by atoms with Crippen LogP contribution in [0.4, 0.5) is 0 Å². The molecule has 0 amide bonds. The minimum absolute atomic E-state index is 0.189. The van der Waals surface area contributed by atoms with Gasteiger partial charge in [0.15, 0.2) is 0 Å². The fourth-order valence-corrected chi connectivity index (χ4v) is 1.62. The Morgan fingerprint density at radius 2 is 2.12 bits per heavy atom. The van der Waals surface area contributed by atoms with E-state index in [9.17, 15) is 4.79 Å². The van der Waals surface area contributed by atoms with E-state index in [-0.39, 0.29) is 5.97 Å². The third kappa shape index (κ3) is 2.94. The highest BCUT2D eigenvalue weighted by molar-refractivity contribution is 5.88. The Balaban J connectivity index is 1.86. The van der Waals surface area contributed by atoms with Crippen molar-refractivity contribution >= 4 is 5.97 Å². The lowest BCUT2D eigenvalue weighted by Gasteiger charge is -2.13. The van der Waals surface area contributed by atoms with Gasteiger partial charge in [0.1, 0.15) is 6.61 Å². The van der Waals surface area contributed by atoms with E-state index in [1.807, 2.05) is 36.4 Å². The number of ether oxygens (including phenoxy) is 1. The second-order valence-electron chi connectivity index (χ2n) is 3.75. The first-order chi connectivity index (χ1) is 7.86. The van der Waals surface area contributed by atoms with E-state index < -0.39 is 0 Å². The Kier molecular flexibility index (Phi) is 3.72. The van der Waals surface area contributed by atoms with Gasteiger partial charge < -0.3 is 10.1 Å². The molecule has 0 spiro atoms. The molecule has 0 saturated carbocycles. The van der Waals surface area contributed by atoms with Crippen LogP contribution in [0.5, 0.6) is 0 Å². The molecular formula is C13H15NO2. The molecule has 1 aliphatic rings. The number of benzene rings is 1. The lowest BCUT2D eigenvalue weighted by molar-refractivity contribution is -0.140. The van der Waals surface area contributed by atoms with Crippen molar-refractivity contribution in [2.24, 2.45) is 0 Å². The highest BCUT2D eigenvalue weighted by atomic mass is 16.5. The quantitative estimate of drug-likeness (QED) is 0.782. The fourth-order valence-electron chi connectivity index (χ4n) is 1.62. The van der Waals surface area contributed by atoms with E-state index in [4.69, 9.17) is 4.74 Å². The summed E-state index contributed by atoms with van der Waals surface area (Å²) in [6.07, 6.45) is 2.66. The van der Waals surface area contributed by atoms with Gasteiger partial charge in [0, 0.05) is 12.1 Å². The normalized spacial score (nSPS) is 15.4. The van der Waals surface area contributed by atoms with Crippen LogP contribution in [0.25, 0.3) is 0 Å². The Bertz CT molecular complexity index is 384. The fraction of sp³-hybridized carbons (Fsp3) is 0.308. The van der Waals surface area contributed by atoms with Gasteiger partial charge in [-0.15, -0.1) is 0 Å². The van der Waals surface area contributed by atoms with E-state index in [1.54, 1.807) is 0 Å². The molecule has 2 rings (SSSR count). The SMILES string of the molecule is O=C(OCc1ccccc1)C1=CCNCC1. The summed E-state index contributed by atoms with van der Waals surface area (Å²) in [7, 11) is 0.